The van der Waals surface area contributed by atoms with Gasteiger partial charge in [0.1, 0.15) is 17.9 Å². The van der Waals surface area contributed by atoms with Gasteiger partial charge in [-0.1, -0.05) is 51.1 Å². The number of carbonyl (C=O) groups is 3. The van der Waals surface area contributed by atoms with E-state index in [1.165, 1.54) is 6.08 Å². The second-order valence-electron chi connectivity index (χ2n) is 10.4. The zero-order chi connectivity index (χ0) is 26.4. The highest BCUT2D eigenvalue weighted by molar-refractivity contribution is 7.86. The van der Waals surface area contributed by atoms with Gasteiger partial charge < -0.3 is 9.47 Å². The highest BCUT2D eigenvalue weighted by atomic mass is 32.2. The average Bonchev–Trinajstić information content (AvgIpc) is 3.03. The van der Waals surface area contributed by atoms with Gasteiger partial charge in [-0.05, 0) is 44.2 Å². The third-order valence-corrected chi connectivity index (χ3v) is 5.73. The number of hydrogen-bond donors (Lipinski definition) is 1. The van der Waals surface area contributed by atoms with Gasteiger partial charge in [-0.15, -0.1) is 0 Å². The number of amides is 3. The summed E-state index contributed by atoms with van der Waals surface area (Å²) in [4.78, 5) is 38.7. The zero-order valence-corrected chi connectivity index (χ0v) is 21.8. The van der Waals surface area contributed by atoms with Gasteiger partial charge >= 0.3 is 12.2 Å². The molecule has 1 N–H and O–H groups in total. The molecular weight excluding hydrogens is 476 g/mol. The van der Waals surface area contributed by atoms with Crippen LogP contribution in [0.4, 0.5) is 9.59 Å². The first-order valence-electron chi connectivity index (χ1n) is 11.2. The highest BCUT2D eigenvalue weighted by Crippen LogP contribution is 2.23. The monoisotopic (exact) mass is 510 g/mol. The molecule has 1 atom stereocenters. The predicted molar refractivity (Wildman–Crippen MR) is 129 cm³/mol. The summed E-state index contributed by atoms with van der Waals surface area (Å²) in [5.74, 6) is -1.27. The number of nitrogens with zero attached hydrogens (tertiary/aromatic N) is 1. The molecule has 1 aliphatic rings. The second kappa shape index (κ2) is 11.2. The molecular formula is C24H34N2O8S. The quantitative estimate of drug-likeness (QED) is 0.524. The minimum Gasteiger partial charge on any atom is -0.444 e. The largest absolute Gasteiger partial charge is 0.444 e. The molecule has 10 nitrogen and oxygen atoms in total. The first kappa shape index (κ1) is 28.3. The van der Waals surface area contributed by atoms with Gasteiger partial charge in [0.2, 0.25) is 0 Å². The van der Waals surface area contributed by atoms with Gasteiger partial charge in [0.25, 0.3) is 16.0 Å². The van der Waals surface area contributed by atoms with Gasteiger partial charge in [-0.3, -0.25) is 14.3 Å². The molecule has 1 aliphatic heterocycles. The van der Waals surface area contributed by atoms with Crippen LogP contribution in [0.5, 0.6) is 0 Å². The Hall–Kier alpha value is -2.92. The van der Waals surface area contributed by atoms with E-state index in [2.05, 4.69) is 5.32 Å². The molecule has 0 aliphatic carbocycles. The topological polar surface area (TPSA) is 128 Å². The average molecular weight is 511 g/mol. The van der Waals surface area contributed by atoms with Crippen LogP contribution in [0.15, 0.2) is 42.1 Å². The minimum atomic E-state index is -3.92. The molecule has 0 aromatic heterocycles. The standard InChI is InChI=1S/C24H34N2O8S/c1-23(2,3)16-33-35(30,31)13-12-18-14-19(25-21(28)34-24(4,5)6)20(27)26(18)22(29)32-15-17-10-8-7-9-11-17/h7-11,14,18H,12-13,15-16H2,1-6H3,(H,25,28)/t18-/m0/s1. The molecule has 3 amide bonds. The summed E-state index contributed by atoms with van der Waals surface area (Å²) in [7, 11) is -3.92. The van der Waals surface area contributed by atoms with Crippen molar-refractivity contribution < 1.29 is 36.5 Å². The lowest BCUT2D eigenvalue weighted by Gasteiger charge is -2.23. The van der Waals surface area contributed by atoms with Crippen molar-refractivity contribution in [3.05, 3.63) is 47.7 Å². The number of benzene rings is 1. The van der Waals surface area contributed by atoms with Crippen LogP contribution in [0, 0.1) is 5.41 Å². The van der Waals surface area contributed by atoms with Gasteiger partial charge in [-0.2, -0.15) is 8.42 Å². The third-order valence-electron chi connectivity index (χ3n) is 4.51. The molecule has 2 rings (SSSR count). The first-order chi connectivity index (χ1) is 16.1. The summed E-state index contributed by atoms with van der Waals surface area (Å²) in [6.07, 6.45) is -0.668. The molecule has 194 valence electrons. The number of alkyl carbamates (subject to hydrolysis) is 1. The van der Waals surface area contributed by atoms with E-state index in [4.69, 9.17) is 13.7 Å². The van der Waals surface area contributed by atoms with Gasteiger partial charge in [-0.25, -0.2) is 14.5 Å². The lowest BCUT2D eigenvalue weighted by atomic mass is 9.99. The Balaban J connectivity index is 2.15. The summed E-state index contributed by atoms with van der Waals surface area (Å²) in [6, 6.07) is 7.90. The molecule has 1 heterocycles. The number of hydrogen-bond acceptors (Lipinski definition) is 8. The Morgan fingerprint density at radius 1 is 1.06 bits per heavy atom. The zero-order valence-electron chi connectivity index (χ0n) is 21.0. The molecule has 35 heavy (non-hydrogen) atoms. The van der Waals surface area contributed by atoms with E-state index in [-0.39, 0.29) is 30.7 Å². The van der Waals surface area contributed by atoms with E-state index >= 15 is 0 Å². The fourth-order valence-corrected chi connectivity index (χ4v) is 4.12. The van der Waals surface area contributed by atoms with Crippen LogP contribution in [0.1, 0.15) is 53.5 Å². The van der Waals surface area contributed by atoms with E-state index < -0.39 is 45.6 Å². The molecule has 0 saturated heterocycles. The van der Waals surface area contributed by atoms with Crippen LogP contribution in [0.2, 0.25) is 0 Å². The first-order valence-corrected chi connectivity index (χ1v) is 12.8. The fraction of sp³-hybridized carbons (Fsp3) is 0.542. The summed E-state index contributed by atoms with van der Waals surface area (Å²) in [6.45, 7) is 10.4. The highest BCUT2D eigenvalue weighted by Gasteiger charge is 2.40. The summed E-state index contributed by atoms with van der Waals surface area (Å²) in [5, 5.41) is 2.34. The van der Waals surface area contributed by atoms with E-state index in [9.17, 15) is 22.8 Å². The maximum absolute atomic E-state index is 13.0. The van der Waals surface area contributed by atoms with Crippen LogP contribution in [-0.4, -0.2) is 55.4 Å². The van der Waals surface area contributed by atoms with Crippen molar-refractivity contribution in [1.29, 1.82) is 0 Å². The molecule has 1 aromatic carbocycles. The summed E-state index contributed by atoms with van der Waals surface area (Å²) < 4.78 is 40.3. The Kier molecular flexibility index (Phi) is 9.07. The van der Waals surface area contributed by atoms with Gasteiger partial charge in [0.05, 0.1) is 18.4 Å². The van der Waals surface area contributed by atoms with Crippen molar-refractivity contribution in [1.82, 2.24) is 10.2 Å². The Morgan fingerprint density at radius 3 is 2.26 bits per heavy atom. The molecule has 11 heteroatoms. The van der Waals surface area contributed by atoms with Crippen LogP contribution in [0.3, 0.4) is 0 Å². The van der Waals surface area contributed by atoms with Gasteiger partial charge in [0, 0.05) is 0 Å². The van der Waals surface area contributed by atoms with Crippen molar-refractivity contribution in [2.45, 2.75) is 66.2 Å². The summed E-state index contributed by atoms with van der Waals surface area (Å²) in [5.41, 5.74) is -0.664. The van der Waals surface area contributed by atoms with Crippen LogP contribution in [0.25, 0.3) is 0 Å². The number of imide groups is 1. The Labute approximate surface area is 206 Å². The van der Waals surface area contributed by atoms with Gasteiger partial charge in [0.15, 0.2) is 0 Å². The smallest absolute Gasteiger partial charge is 0.417 e. The van der Waals surface area contributed by atoms with Crippen molar-refractivity contribution in [3.63, 3.8) is 0 Å². The fourth-order valence-electron chi connectivity index (χ4n) is 2.94. The lowest BCUT2D eigenvalue weighted by molar-refractivity contribution is -0.125. The number of ether oxygens (including phenoxy) is 2. The van der Waals surface area contributed by atoms with E-state index in [1.807, 2.05) is 26.8 Å². The third kappa shape index (κ3) is 9.69. The molecule has 1 aromatic rings. The van der Waals surface area contributed by atoms with Crippen molar-refractivity contribution >= 4 is 28.2 Å². The summed E-state index contributed by atoms with van der Waals surface area (Å²) >= 11 is 0. The second-order valence-corrected chi connectivity index (χ2v) is 12.1. The van der Waals surface area contributed by atoms with Crippen molar-refractivity contribution in [2.75, 3.05) is 12.4 Å². The Bertz CT molecular complexity index is 1050. The van der Waals surface area contributed by atoms with E-state index in [1.54, 1.807) is 45.0 Å². The van der Waals surface area contributed by atoms with Crippen LogP contribution < -0.4 is 5.32 Å². The Morgan fingerprint density at radius 2 is 1.69 bits per heavy atom. The number of carbonyl (C=O) groups excluding carboxylic acids is 3. The normalized spacial score (nSPS) is 16.6. The van der Waals surface area contributed by atoms with E-state index in [0.29, 0.717) is 5.56 Å². The molecule has 0 fully saturated rings. The maximum Gasteiger partial charge on any atom is 0.417 e. The van der Waals surface area contributed by atoms with E-state index in [0.717, 1.165) is 4.90 Å². The molecule has 0 bridgehead atoms. The van der Waals surface area contributed by atoms with Crippen LogP contribution in [-0.2, 0) is 35.2 Å². The number of nitrogens with one attached hydrogen (secondary N) is 1. The molecule has 0 spiro atoms. The van der Waals surface area contributed by atoms with Crippen molar-refractivity contribution in [3.8, 4) is 0 Å². The molecule has 0 saturated carbocycles. The predicted octanol–water partition coefficient (Wildman–Crippen LogP) is 3.73. The molecule has 0 radical (unpaired) electrons. The van der Waals surface area contributed by atoms with Crippen molar-refractivity contribution in [2.24, 2.45) is 5.41 Å². The number of rotatable bonds is 8. The SMILES string of the molecule is CC(C)(C)COS(=O)(=O)CC[C@H]1C=C(NC(=O)OC(C)(C)C)C(=O)N1C(=O)OCc1ccccc1. The minimum absolute atomic E-state index is 0.0109. The molecule has 0 unspecified atom stereocenters. The maximum atomic E-state index is 13.0. The lowest BCUT2D eigenvalue weighted by Crippen LogP contribution is -2.43. The van der Waals surface area contributed by atoms with Crippen LogP contribution >= 0.6 is 0 Å².